The summed E-state index contributed by atoms with van der Waals surface area (Å²) < 4.78 is 21.4. The fraction of sp³-hybridized carbons (Fsp3) is 0.893. The average molecular weight is 609 g/mol. The second kappa shape index (κ2) is 19.3. The molecule has 246 valence electrons. The lowest BCUT2D eigenvalue weighted by atomic mass is 9.87. The first-order chi connectivity index (χ1) is 19.8. The molecule has 0 radical (unpaired) electrons. The fourth-order valence-electron chi connectivity index (χ4n) is 4.62. The van der Waals surface area contributed by atoms with E-state index in [0.29, 0.717) is 30.8 Å². The molecule has 1 aliphatic rings. The number of aliphatic hydroxyl groups is 4. The van der Waals surface area contributed by atoms with E-state index in [2.05, 4.69) is 38.3 Å². The van der Waals surface area contributed by atoms with Gasteiger partial charge in [-0.3, -0.25) is 4.79 Å². The number of hydrogen-bond donors (Lipinski definition) is 7. The molecule has 1 saturated heterocycles. The summed E-state index contributed by atoms with van der Waals surface area (Å²) >= 11 is 0. The van der Waals surface area contributed by atoms with Crippen molar-refractivity contribution in [2.75, 3.05) is 39.6 Å². The highest BCUT2D eigenvalue weighted by Gasteiger charge is 2.55. The largest absolute Gasteiger partial charge is 0.477 e. The number of hydrogen-bond acceptors (Lipinski definition) is 11. The minimum absolute atomic E-state index is 0.0165. The Bertz CT molecular complexity index is 816. The van der Waals surface area contributed by atoms with E-state index in [4.69, 9.17) is 18.9 Å². The molecule has 1 aliphatic heterocycles. The molecule has 0 aromatic carbocycles. The number of alkyl carbamates (subject to hydrolysis) is 1. The smallest absolute Gasteiger partial charge is 0.407 e. The highest BCUT2D eigenvalue weighted by Crippen LogP contribution is 2.34. The third kappa shape index (κ3) is 12.7. The zero-order valence-corrected chi connectivity index (χ0v) is 25.5. The van der Waals surface area contributed by atoms with Gasteiger partial charge in [0.25, 0.3) is 5.79 Å². The Labute approximate surface area is 248 Å². The molecule has 0 saturated carbocycles. The van der Waals surface area contributed by atoms with Gasteiger partial charge in [-0.2, -0.15) is 0 Å². The number of aliphatic carboxylic acids is 1. The van der Waals surface area contributed by atoms with Gasteiger partial charge in [0.1, 0.15) is 31.5 Å². The van der Waals surface area contributed by atoms with E-state index in [0.717, 1.165) is 19.3 Å². The molecule has 2 amide bonds. The maximum Gasteiger partial charge on any atom is 0.407 e. The van der Waals surface area contributed by atoms with Gasteiger partial charge in [-0.15, -0.1) is 0 Å². The molecule has 0 aromatic heterocycles. The summed E-state index contributed by atoms with van der Waals surface area (Å²) in [7, 11) is 0. The van der Waals surface area contributed by atoms with Crippen LogP contribution in [-0.4, -0.2) is 119 Å². The van der Waals surface area contributed by atoms with Crippen molar-refractivity contribution in [3.63, 3.8) is 0 Å². The van der Waals surface area contributed by atoms with Gasteiger partial charge >= 0.3 is 12.1 Å². The first kappa shape index (κ1) is 38.0. The zero-order valence-electron chi connectivity index (χ0n) is 25.5. The maximum atomic E-state index is 12.6. The third-order valence-corrected chi connectivity index (χ3v) is 7.44. The van der Waals surface area contributed by atoms with Gasteiger partial charge in [-0.05, 0) is 43.4 Å². The van der Waals surface area contributed by atoms with Crippen LogP contribution in [0.2, 0.25) is 0 Å². The van der Waals surface area contributed by atoms with Gasteiger partial charge in [-0.1, -0.05) is 34.6 Å². The van der Waals surface area contributed by atoms with Crippen molar-refractivity contribution in [2.45, 2.75) is 103 Å². The summed E-state index contributed by atoms with van der Waals surface area (Å²) in [6.07, 6.45) is -5.36. The Morgan fingerprint density at radius 3 is 2.36 bits per heavy atom. The number of ether oxygens (including phenoxy) is 4. The van der Waals surface area contributed by atoms with Crippen LogP contribution in [0, 0.1) is 17.8 Å². The van der Waals surface area contributed by atoms with Crippen LogP contribution in [0.4, 0.5) is 4.79 Å². The number of carbonyl (C=O) groups is 3. The van der Waals surface area contributed by atoms with E-state index in [1.54, 1.807) is 0 Å². The molecule has 1 fully saturated rings. The van der Waals surface area contributed by atoms with Crippen LogP contribution in [0.15, 0.2) is 0 Å². The summed E-state index contributed by atoms with van der Waals surface area (Å²) in [5.41, 5.74) is 0. The molecule has 1 heterocycles. The van der Waals surface area contributed by atoms with Crippen molar-refractivity contribution in [3.8, 4) is 0 Å². The van der Waals surface area contributed by atoms with E-state index >= 15 is 0 Å². The van der Waals surface area contributed by atoms with Gasteiger partial charge in [0.2, 0.25) is 5.91 Å². The predicted octanol–water partition coefficient (Wildman–Crippen LogP) is 0.384. The average Bonchev–Trinajstić information content (AvgIpc) is 2.94. The van der Waals surface area contributed by atoms with Crippen molar-refractivity contribution >= 4 is 18.0 Å². The topological polar surface area (TPSA) is 213 Å². The lowest BCUT2D eigenvalue weighted by molar-refractivity contribution is -0.311. The summed E-state index contributed by atoms with van der Waals surface area (Å²) in [5, 5.41) is 55.7. The lowest BCUT2D eigenvalue weighted by Gasteiger charge is -2.46. The standard InChI is InChI=1S/C28H52N2O12/c1-6-9-39-11-12-40-27(38)29-15-22(34)30-23-20(32)14-28(26(36)37,42-25(23)24(35)21(33)16-31)41-10-7-8-18(4)13-19(5)17(2)3/h17-21,23-25,31-33,35H,6-16H2,1-5H3,(H,29,38)(H,30,34)(H,36,37). The minimum Gasteiger partial charge on any atom is -0.477 e. The van der Waals surface area contributed by atoms with Crippen LogP contribution in [0.5, 0.6) is 0 Å². The highest BCUT2D eigenvalue weighted by atomic mass is 16.7. The monoisotopic (exact) mass is 608 g/mol. The highest BCUT2D eigenvalue weighted by molar-refractivity contribution is 5.82. The molecule has 42 heavy (non-hydrogen) atoms. The van der Waals surface area contributed by atoms with E-state index in [-0.39, 0.29) is 19.8 Å². The van der Waals surface area contributed by atoms with E-state index in [9.17, 15) is 39.9 Å². The number of rotatable bonds is 20. The van der Waals surface area contributed by atoms with E-state index in [1.807, 2.05) is 6.92 Å². The van der Waals surface area contributed by atoms with Crippen molar-refractivity contribution in [3.05, 3.63) is 0 Å². The van der Waals surface area contributed by atoms with Crippen molar-refractivity contribution in [1.29, 1.82) is 0 Å². The molecule has 8 unspecified atom stereocenters. The molecule has 8 atom stereocenters. The van der Waals surface area contributed by atoms with Crippen LogP contribution in [0.1, 0.15) is 66.7 Å². The molecule has 0 aromatic rings. The first-order valence-electron chi connectivity index (χ1n) is 14.8. The number of carboxylic acid groups (broad SMARTS) is 1. The number of carbonyl (C=O) groups excluding carboxylic acids is 2. The quantitative estimate of drug-likeness (QED) is 0.0935. The Morgan fingerprint density at radius 2 is 1.76 bits per heavy atom. The molecule has 1 rings (SSSR count). The fourth-order valence-corrected chi connectivity index (χ4v) is 4.62. The Morgan fingerprint density at radius 1 is 1.07 bits per heavy atom. The number of nitrogens with one attached hydrogen (secondary N) is 2. The van der Waals surface area contributed by atoms with Gasteiger partial charge < -0.3 is 55.1 Å². The van der Waals surface area contributed by atoms with Crippen molar-refractivity contribution < 1.29 is 58.9 Å². The Balaban J connectivity index is 2.85. The molecule has 0 bridgehead atoms. The Kier molecular flexibility index (Phi) is 17.4. The van der Waals surface area contributed by atoms with Crippen molar-refractivity contribution in [2.24, 2.45) is 17.8 Å². The number of carboxylic acids is 1. The summed E-state index contributed by atoms with van der Waals surface area (Å²) in [6.45, 7) is 9.74. The van der Waals surface area contributed by atoms with E-state index in [1.165, 1.54) is 0 Å². The number of aliphatic hydroxyl groups excluding tert-OH is 4. The molecule has 0 spiro atoms. The van der Waals surface area contributed by atoms with Gasteiger partial charge in [0.05, 0.1) is 32.0 Å². The first-order valence-corrected chi connectivity index (χ1v) is 14.8. The normalized spacial score (nSPS) is 25.3. The third-order valence-electron chi connectivity index (χ3n) is 7.44. The minimum atomic E-state index is -2.38. The van der Waals surface area contributed by atoms with Crippen LogP contribution in [0.25, 0.3) is 0 Å². The van der Waals surface area contributed by atoms with Crippen LogP contribution >= 0.6 is 0 Å². The predicted molar refractivity (Wildman–Crippen MR) is 150 cm³/mol. The second-order valence-corrected chi connectivity index (χ2v) is 11.4. The van der Waals surface area contributed by atoms with Crippen LogP contribution < -0.4 is 10.6 Å². The molecular formula is C28H52N2O12. The lowest BCUT2D eigenvalue weighted by Crippen LogP contribution is -2.68. The maximum absolute atomic E-state index is 12.6. The summed E-state index contributed by atoms with van der Waals surface area (Å²) in [6, 6.07) is -1.41. The van der Waals surface area contributed by atoms with Gasteiger partial charge in [0.15, 0.2) is 0 Å². The Hall–Kier alpha value is -2.07. The second-order valence-electron chi connectivity index (χ2n) is 11.4. The molecular weight excluding hydrogens is 556 g/mol. The zero-order chi connectivity index (χ0) is 31.9. The molecule has 0 aliphatic carbocycles. The molecule has 14 heteroatoms. The van der Waals surface area contributed by atoms with Crippen LogP contribution in [0.3, 0.4) is 0 Å². The van der Waals surface area contributed by atoms with Crippen LogP contribution in [-0.2, 0) is 28.5 Å². The summed E-state index contributed by atoms with van der Waals surface area (Å²) in [5.74, 6) is -3.30. The SMILES string of the molecule is CCCOCCOC(=O)NCC(=O)NC1C(O)CC(OCCCC(C)CC(C)C(C)C)(C(=O)O)OC1C(O)C(O)CO. The number of amides is 2. The van der Waals surface area contributed by atoms with Gasteiger partial charge in [0, 0.05) is 13.0 Å². The summed E-state index contributed by atoms with van der Waals surface area (Å²) in [4.78, 5) is 36.7. The van der Waals surface area contributed by atoms with Gasteiger partial charge in [-0.25, -0.2) is 9.59 Å². The molecule has 14 nitrogen and oxygen atoms in total. The van der Waals surface area contributed by atoms with Crippen molar-refractivity contribution in [1.82, 2.24) is 10.6 Å². The van der Waals surface area contributed by atoms with E-state index < -0.39 is 73.8 Å². The molecule has 7 N–H and O–H groups in total.